The molecule has 3 rings (SSSR count). The van der Waals surface area contributed by atoms with Gasteiger partial charge in [0.25, 0.3) is 0 Å². The molecule has 21 heavy (non-hydrogen) atoms. The summed E-state index contributed by atoms with van der Waals surface area (Å²) in [5.41, 5.74) is 2.80. The summed E-state index contributed by atoms with van der Waals surface area (Å²) in [5.74, 6) is 0. The van der Waals surface area contributed by atoms with Crippen molar-refractivity contribution in [2.75, 3.05) is 24.6 Å². The van der Waals surface area contributed by atoms with Gasteiger partial charge in [0, 0.05) is 42.4 Å². The van der Waals surface area contributed by atoms with Crippen LogP contribution in [0.2, 0.25) is 0 Å². The number of hydrogen-bond acceptors (Lipinski definition) is 3. The van der Waals surface area contributed by atoms with E-state index < -0.39 is 0 Å². The number of ether oxygens (including phenoxy) is 1. The molecule has 1 aromatic carbocycles. The third kappa shape index (κ3) is 4.21. The number of hydrogen-bond donors (Lipinski definition) is 1. The molecule has 1 N–H and O–H groups in total. The molecule has 0 aromatic heterocycles. The normalized spacial score (nSPS) is 20.0. The van der Waals surface area contributed by atoms with Crippen LogP contribution in [0.4, 0.5) is 5.69 Å². The molecule has 0 unspecified atom stereocenters. The summed E-state index contributed by atoms with van der Waals surface area (Å²) < 4.78 is 6.93. The average Bonchev–Trinajstić information content (AvgIpc) is 3.31. The van der Waals surface area contributed by atoms with Gasteiger partial charge in [-0.15, -0.1) is 0 Å². The number of rotatable bonds is 6. The van der Waals surface area contributed by atoms with E-state index in [2.05, 4.69) is 51.3 Å². The minimum absolute atomic E-state index is 0.450. The van der Waals surface area contributed by atoms with Gasteiger partial charge in [-0.2, -0.15) is 0 Å². The fourth-order valence-electron chi connectivity index (χ4n) is 3.02. The molecule has 1 aliphatic carbocycles. The number of halogens is 1. The highest BCUT2D eigenvalue weighted by Crippen LogP contribution is 2.29. The van der Waals surface area contributed by atoms with Crippen LogP contribution in [0.25, 0.3) is 0 Å². The van der Waals surface area contributed by atoms with Crippen molar-refractivity contribution in [2.24, 2.45) is 0 Å². The Hall–Kier alpha value is -0.580. The Morgan fingerprint density at radius 2 is 2.00 bits per heavy atom. The van der Waals surface area contributed by atoms with Crippen LogP contribution in [0.15, 0.2) is 22.7 Å². The molecule has 0 amide bonds. The highest BCUT2D eigenvalue weighted by Gasteiger charge is 2.23. The van der Waals surface area contributed by atoms with Crippen LogP contribution < -0.4 is 10.2 Å². The summed E-state index contributed by atoms with van der Waals surface area (Å²) >= 11 is 3.62. The Morgan fingerprint density at radius 1 is 1.24 bits per heavy atom. The van der Waals surface area contributed by atoms with E-state index >= 15 is 0 Å². The number of nitrogens with zero attached hydrogens (tertiary/aromatic N) is 1. The molecule has 1 saturated heterocycles. The lowest BCUT2D eigenvalue weighted by Crippen LogP contribution is -2.37. The molecule has 116 valence electrons. The van der Waals surface area contributed by atoms with Gasteiger partial charge < -0.3 is 15.0 Å². The minimum atomic E-state index is 0.450. The van der Waals surface area contributed by atoms with Crippen molar-refractivity contribution in [1.29, 1.82) is 0 Å². The monoisotopic (exact) mass is 352 g/mol. The van der Waals surface area contributed by atoms with Crippen LogP contribution >= 0.6 is 15.9 Å². The summed E-state index contributed by atoms with van der Waals surface area (Å²) in [6.07, 6.45) is 5.40. The van der Waals surface area contributed by atoms with Crippen molar-refractivity contribution in [3.8, 4) is 0 Å². The van der Waals surface area contributed by atoms with Gasteiger partial charge in [0.15, 0.2) is 0 Å². The van der Waals surface area contributed by atoms with Crippen molar-refractivity contribution in [2.45, 2.75) is 51.3 Å². The largest absolute Gasteiger partial charge is 0.378 e. The van der Waals surface area contributed by atoms with E-state index in [-0.39, 0.29) is 0 Å². The summed E-state index contributed by atoms with van der Waals surface area (Å²) in [6.45, 7) is 6.09. The van der Waals surface area contributed by atoms with Crippen LogP contribution in [0, 0.1) is 0 Å². The minimum Gasteiger partial charge on any atom is -0.378 e. The van der Waals surface area contributed by atoms with Crippen molar-refractivity contribution < 1.29 is 4.74 Å². The maximum atomic E-state index is 5.76. The number of nitrogens with one attached hydrogen (secondary N) is 1. The smallest absolute Gasteiger partial charge is 0.0608 e. The molecule has 3 nitrogen and oxygen atoms in total. The summed E-state index contributed by atoms with van der Waals surface area (Å²) in [7, 11) is 0. The molecular weight excluding hydrogens is 328 g/mol. The van der Waals surface area contributed by atoms with Gasteiger partial charge in [0.2, 0.25) is 0 Å². The van der Waals surface area contributed by atoms with Gasteiger partial charge >= 0.3 is 0 Å². The van der Waals surface area contributed by atoms with Gasteiger partial charge in [0.1, 0.15) is 0 Å². The Balaban J connectivity index is 1.66. The first-order valence-electron chi connectivity index (χ1n) is 8.14. The summed E-state index contributed by atoms with van der Waals surface area (Å²) in [5, 5.41) is 3.63. The topological polar surface area (TPSA) is 24.5 Å². The third-order valence-electron chi connectivity index (χ3n) is 4.39. The number of piperidine rings is 1. The zero-order chi connectivity index (χ0) is 14.7. The average molecular weight is 353 g/mol. The molecule has 1 aliphatic heterocycles. The maximum Gasteiger partial charge on any atom is 0.0608 e. The van der Waals surface area contributed by atoms with E-state index in [0.717, 1.165) is 45.1 Å². The van der Waals surface area contributed by atoms with E-state index in [1.807, 2.05) is 0 Å². The fraction of sp³-hybridized carbons (Fsp3) is 0.647. The van der Waals surface area contributed by atoms with Gasteiger partial charge in [-0.05, 0) is 50.3 Å². The molecule has 0 spiro atoms. The lowest BCUT2D eigenvalue weighted by molar-refractivity contribution is 0.0459. The predicted octanol–water partition coefficient (Wildman–Crippen LogP) is 3.71. The third-order valence-corrected chi connectivity index (χ3v) is 4.88. The quantitative estimate of drug-likeness (QED) is 0.844. The molecular formula is C17H25BrN2O. The zero-order valence-corrected chi connectivity index (χ0v) is 14.4. The second-order valence-corrected chi connectivity index (χ2v) is 6.99. The standard InChI is InChI=1S/C17H25BrN2O/c1-2-21-16-7-9-20(10-8-16)17-11-14(18)4-3-13(17)12-19-15-5-6-15/h3-4,11,15-16,19H,2,5-10,12H2,1H3. The van der Waals surface area contributed by atoms with Gasteiger partial charge in [0.05, 0.1) is 6.10 Å². The van der Waals surface area contributed by atoms with Crippen molar-refractivity contribution >= 4 is 21.6 Å². The van der Waals surface area contributed by atoms with Crippen LogP contribution in [0.5, 0.6) is 0 Å². The molecule has 4 heteroatoms. The molecule has 0 radical (unpaired) electrons. The molecule has 2 fully saturated rings. The SMILES string of the molecule is CCOC1CCN(c2cc(Br)ccc2CNC2CC2)CC1. The van der Waals surface area contributed by atoms with Crippen LogP contribution in [-0.2, 0) is 11.3 Å². The van der Waals surface area contributed by atoms with Gasteiger partial charge in [-0.25, -0.2) is 0 Å². The number of anilines is 1. The highest BCUT2D eigenvalue weighted by atomic mass is 79.9. The first-order chi connectivity index (χ1) is 10.3. The first-order valence-corrected chi connectivity index (χ1v) is 8.94. The molecule has 2 aliphatic rings. The number of benzene rings is 1. The second kappa shape index (κ2) is 7.12. The Morgan fingerprint density at radius 3 is 2.67 bits per heavy atom. The van der Waals surface area contributed by atoms with Crippen LogP contribution in [0.3, 0.4) is 0 Å². The Bertz CT molecular complexity index is 468. The van der Waals surface area contributed by atoms with Gasteiger partial charge in [-0.1, -0.05) is 22.0 Å². The lowest BCUT2D eigenvalue weighted by Gasteiger charge is -2.34. The maximum absolute atomic E-state index is 5.76. The van der Waals surface area contributed by atoms with Crippen LogP contribution in [0.1, 0.15) is 38.2 Å². The first kappa shape index (κ1) is 15.3. The van der Waals surface area contributed by atoms with Crippen molar-refractivity contribution in [3.05, 3.63) is 28.2 Å². The van der Waals surface area contributed by atoms with E-state index in [0.29, 0.717) is 6.10 Å². The molecule has 0 bridgehead atoms. The lowest BCUT2D eigenvalue weighted by atomic mass is 10.0. The van der Waals surface area contributed by atoms with Crippen molar-refractivity contribution in [1.82, 2.24) is 5.32 Å². The van der Waals surface area contributed by atoms with E-state index in [9.17, 15) is 0 Å². The van der Waals surface area contributed by atoms with Crippen LogP contribution in [-0.4, -0.2) is 31.8 Å². The highest BCUT2D eigenvalue weighted by molar-refractivity contribution is 9.10. The Kier molecular flexibility index (Phi) is 5.19. The fourth-order valence-corrected chi connectivity index (χ4v) is 3.37. The predicted molar refractivity (Wildman–Crippen MR) is 90.9 cm³/mol. The van der Waals surface area contributed by atoms with Gasteiger partial charge in [-0.3, -0.25) is 0 Å². The Labute approximate surface area is 136 Å². The second-order valence-electron chi connectivity index (χ2n) is 6.07. The summed E-state index contributed by atoms with van der Waals surface area (Å²) in [4.78, 5) is 2.52. The zero-order valence-electron chi connectivity index (χ0n) is 12.8. The molecule has 0 atom stereocenters. The van der Waals surface area contributed by atoms with E-state index in [4.69, 9.17) is 4.74 Å². The molecule has 1 saturated carbocycles. The molecule has 1 aromatic rings. The van der Waals surface area contributed by atoms with E-state index in [1.165, 1.54) is 28.6 Å². The van der Waals surface area contributed by atoms with Crippen molar-refractivity contribution in [3.63, 3.8) is 0 Å². The summed E-state index contributed by atoms with van der Waals surface area (Å²) in [6, 6.07) is 7.43. The van der Waals surface area contributed by atoms with E-state index in [1.54, 1.807) is 0 Å². The molecule has 1 heterocycles.